The van der Waals surface area contributed by atoms with E-state index in [1.165, 1.54) is 13.2 Å². The first-order chi connectivity index (χ1) is 9.08. The summed E-state index contributed by atoms with van der Waals surface area (Å²) >= 11 is 5.59. The summed E-state index contributed by atoms with van der Waals surface area (Å²) in [5.41, 5.74) is -1.14. The molecule has 1 N–H and O–H groups in total. The number of hydrogen-bond donors (Lipinski definition) is 1. The molecule has 0 aliphatic heterocycles. The monoisotopic (exact) mass is 277 g/mol. The number of para-hydroxylation sites is 1. The second-order valence-electron chi connectivity index (χ2n) is 3.56. The quantitative estimate of drug-likeness (QED) is 0.831. The van der Waals surface area contributed by atoms with Gasteiger partial charge in [0.25, 0.3) is 5.56 Å². The Kier molecular flexibility index (Phi) is 3.40. The molecule has 1 aromatic carbocycles. The minimum absolute atomic E-state index is 0.0698. The van der Waals surface area contributed by atoms with Gasteiger partial charge in [-0.05, 0) is 12.1 Å². The predicted molar refractivity (Wildman–Crippen MR) is 68.9 cm³/mol. The van der Waals surface area contributed by atoms with Crippen LogP contribution in [0, 0.1) is 11.3 Å². The Morgan fingerprint density at radius 2 is 2.16 bits per heavy atom. The number of aromatic nitrogens is 2. The van der Waals surface area contributed by atoms with Crippen LogP contribution >= 0.6 is 11.6 Å². The molecule has 1 aromatic heterocycles. The number of H-pyrrole nitrogens is 1. The lowest BCUT2D eigenvalue weighted by Crippen LogP contribution is -2.33. The average Bonchev–Trinajstić information content (AvgIpc) is 2.37. The van der Waals surface area contributed by atoms with Crippen LogP contribution in [0.1, 0.15) is 5.56 Å². The summed E-state index contributed by atoms with van der Waals surface area (Å²) in [6.07, 6.45) is 0. The van der Waals surface area contributed by atoms with E-state index in [9.17, 15) is 9.59 Å². The lowest BCUT2D eigenvalue weighted by molar-refractivity contribution is 0.412. The third kappa shape index (κ3) is 2.23. The zero-order valence-corrected chi connectivity index (χ0v) is 10.6. The van der Waals surface area contributed by atoms with E-state index in [1.807, 2.05) is 6.07 Å². The van der Waals surface area contributed by atoms with Gasteiger partial charge in [0.2, 0.25) is 0 Å². The third-order valence-corrected chi connectivity index (χ3v) is 2.67. The summed E-state index contributed by atoms with van der Waals surface area (Å²) in [5, 5.41) is 9.01. The lowest BCUT2D eigenvalue weighted by atomic mass is 10.1. The normalized spacial score (nSPS) is 9.95. The topological polar surface area (TPSA) is 87.9 Å². The van der Waals surface area contributed by atoms with E-state index >= 15 is 0 Å². The van der Waals surface area contributed by atoms with E-state index in [2.05, 4.69) is 4.98 Å². The van der Waals surface area contributed by atoms with E-state index in [0.29, 0.717) is 0 Å². The average molecular weight is 278 g/mol. The molecule has 0 aliphatic carbocycles. The highest BCUT2D eigenvalue weighted by Crippen LogP contribution is 2.23. The molecule has 0 atom stereocenters. The number of halogens is 1. The molecule has 0 fully saturated rings. The molecule has 19 heavy (non-hydrogen) atoms. The summed E-state index contributed by atoms with van der Waals surface area (Å²) in [5.74, 6) is 0.244. The van der Waals surface area contributed by atoms with Gasteiger partial charge in [-0.1, -0.05) is 17.7 Å². The Morgan fingerprint density at radius 1 is 1.42 bits per heavy atom. The van der Waals surface area contributed by atoms with Gasteiger partial charge in [-0.2, -0.15) is 5.26 Å². The maximum Gasteiger partial charge on any atom is 0.334 e. The molecule has 2 rings (SSSR count). The van der Waals surface area contributed by atoms with Gasteiger partial charge in [0.15, 0.2) is 0 Å². The summed E-state index contributed by atoms with van der Waals surface area (Å²) in [7, 11) is 1.38. The molecule has 0 spiro atoms. The molecule has 0 saturated heterocycles. The molecular weight excluding hydrogens is 270 g/mol. The van der Waals surface area contributed by atoms with Crippen molar-refractivity contribution < 1.29 is 4.74 Å². The highest BCUT2D eigenvalue weighted by Gasteiger charge is 2.15. The number of ether oxygens (including phenoxy) is 1. The fraction of sp³-hybridized carbons (Fsp3) is 0.0833. The second-order valence-corrected chi connectivity index (χ2v) is 3.97. The number of nitriles is 1. The third-order valence-electron chi connectivity index (χ3n) is 2.46. The van der Waals surface area contributed by atoms with E-state index in [1.54, 1.807) is 12.1 Å². The van der Waals surface area contributed by atoms with Crippen molar-refractivity contribution in [2.45, 2.75) is 0 Å². The molecule has 0 saturated carbocycles. The Labute approximate surface area is 112 Å². The van der Waals surface area contributed by atoms with Gasteiger partial charge in [0, 0.05) is 6.07 Å². The molecule has 0 unspecified atom stereocenters. The van der Waals surface area contributed by atoms with Crippen LogP contribution < -0.4 is 16.0 Å². The number of methoxy groups -OCH3 is 1. The van der Waals surface area contributed by atoms with Gasteiger partial charge in [-0.3, -0.25) is 9.78 Å². The Morgan fingerprint density at radius 3 is 2.74 bits per heavy atom. The molecule has 0 bridgehead atoms. The maximum atomic E-state index is 11.9. The van der Waals surface area contributed by atoms with Crippen molar-refractivity contribution in [3.05, 3.63) is 55.8 Å². The van der Waals surface area contributed by atoms with Crippen LogP contribution in [-0.2, 0) is 0 Å². The minimum atomic E-state index is -0.738. The zero-order valence-electron chi connectivity index (χ0n) is 9.81. The summed E-state index contributed by atoms with van der Waals surface area (Å²) in [4.78, 5) is 26.0. The molecule has 0 amide bonds. The van der Waals surface area contributed by atoms with Crippen molar-refractivity contribution in [2.75, 3.05) is 7.11 Å². The number of nitrogens with zero attached hydrogens (tertiary/aromatic N) is 2. The van der Waals surface area contributed by atoms with Gasteiger partial charge in [0.1, 0.15) is 22.7 Å². The second kappa shape index (κ2) is 5.00. The summed E-state index contributed by atoms with van der Waals surface area (Å²) < 4.78 is 5.89. The molecule has 6 nitrogen and oxygen atoms in total. The lowest BCUT2D eigenvalue weighted by Gasteiger charge is -2.11. The smallest absolute Gasteiger partial charge is 0.334 e. The summed E-state index contributed by atoms with van der Waals surface area (Å²) in [6, 6.07) is 7.59. The summed E-state index contributed by atoms with van der Waals surface area (Å²) in [6.45, 7) is 0. The minimum Gasteiger partial charge on any atom is -0.495 e. The van der Waals surface area contributed by atoms with Crippen LogP contribution in [0.4, 0.5) is 0 Å². The van der Waals surface area contributed by atoms with Crippen LogP contribution in [0.25, 0.3) is 5.69 Å². The van der Waals surface area contributed by atoms with E-state index in [0.717, 1.165) is 10.6 Å². The SMILES string of the molecule is COc1cccc(C#N)c1-n1c(=O)cc(Cl)[nH]c1=O. The highest BCUT2D eigenvalue weighted by molar-refractivity contribution is 6.29. The maximum absolute atomic E-state index is 11.9. The fourth-order valence-corrected chi connectivity index (χ4v) is 1.86. The Bertz CT molecular complexity index is 755. The Hall–Kier alpha value is -2.52. The fourth-order valence-electron chi connectivity index (χ4n) is 1.69. The van der Waals surface area contributed by atoms with Crippen LogP contribution in [0.2, 0.25) is 5.15 Å². The first kappa shape index (κ1) is 12.9. The van der Waals surface area contributed by atoms with Gasteiger partial charge in [-0.25, -0.2) is 9.36 Å². The van der Waals surface area contributed by atoms with Gasteiger partial charge in [0.05, 0.1) is 12.7 Å². The molecule has 2 aromatic rings. The molecule has 0 radical (unpaired) electrons. The van der Waals surface area contributed by atoms with Gasteiger partial charge < -0.3 is 4.74 Å². The first-order valence-corrected chi connectivity index (χ1v) is 5.55. The van der Waals surface area contributed by atoms with Crippen molar-refractivity contribution in [1.29, 1.82) is 5.26 Å². The first-order valence-electron chi connectivity index (χ1n) is 5.18. The van der Waals surface area contributed by atoms with Crippen LogP contribution in [0.15, 0.2) is 33.9 Å². The van der Waals surface area contributed by atoms with Crippen LogP contribution in [0.3, 0.4) is 0 Å². The molecule has 96 valence electrons. The molecule has 1 heterocycles. The number of rotatable bonds is 2. The number of hydrogen-bond acceptors (Lipinski definition) is 4. The zero-order chi connectivity index (χ0) is 14.0. The largest absolute Gasteiger partial charge is 0.495 e. The standard InChI is InChI=1S/C12H8ClN3O3/c1-19-8-4-2-3-7(6-14)11(8)16-10(17)5-9(13)15-12(16)18/h2-5H,1H3,(H,15,18). The van der Waals surface area contributed by atoms with Crippen molar-refractivity contribution >= 4 is 11.6 Å². The highest BCUT2D eigenvalue weighted by atomic mass is 35.5. The van der Waals surface area contributed by atoms with Crippen molar-refractivity contribution in [2.24, 2.45) is 0 Å². The van der Waals surface area contributed by atoms with Crippen LogP contribution in [0.5, 0.6) is 5.75 Å². The molecular formula is C12H8ClN3O3. The van der Waals surface area contributed by atoms with Gasteiger partial charge in [-0.15, -0.1) is 0 Å². The van der Waals surface area contributed by atoms with Crippen molar-refractivity contribution in [3.63, 3.8) is 0 Å². The van der Waals surface area contributed by atoms with Crippen LogP contribution in [-0.4, -0.2) is 16.7 Å². The number of aromatic amines is 1. The molecule has 0 aliphatic rings. The van der Waals surface area contributed by atoms with E-state index in [-0.39, 0.29) is 22.2 Å². The Balaban J connectivity index is 2.91. The molecule has 7 heteroatoms. The van der Waals surface area contributed by atoms with Crippen molar-refractivity contribution in [3.8, 4) is 17.5 Å². The number of nitrogens with one attached hydrogen (secondary N) is 1. The van der Waals surface area contributed by atoms with Crippen molar-refractivity contribution in [1.82, 2.24) is 9.55 Å². The van der Waals surface area contributed by atoms with E-state index < -0.39 is 11.2 Å². The number of benzene rings is 1. The van der Waals surface area contributed by atoms with Gasteiger partial charge >= 0.3 is 5.69 Å². The van der Waals surface area contributed by atoms with E-state index in [4.69, 9.17) is 21.6 Å². The predicted octanol–water partition coefficient (Wildman–Crippen LogP) is 1.06.